The lowest BCUT2D eigenvalue weighted by atomic mass is 9.92. The average molecular weight is 286 g/mol. The second-order valence-electron chi connectivity index (χ2n) is 5.94. The van der Waals surface area contributed by atoms with Gasteiger partial charge in [0.1, 0.15) is 5.54 Å². The first-order chi connectivity index (χ1) is 9.42. The molecule has 1 saturated heterocycles. The molecule has 5 heteroatoms. The van der Waals surface area contributed by atoms with Crippen LogP contribution in [-0.2, 0) is 9.53 Å². The molecule has 1 rings (SSSR count). The topological polar surface area (TPSA) is 61.8 Å². The summed E-state index contributed by atoms with van der Waals surface area (Å²) >= 11 is 0. The number of nitrogens with zero attached hydrogens (tertiary/aromatic N) is 1. The molecular weight excluding hydrogens is 256 g/mol. The third-order valence-corrected chi connectivity index (χ3v) is 4.23. The minimum atomic E-state index is -0.863. The van der Waals surface area contributed by atoms with Crippen LogP contribution >= 0.6 is 0 Å². The number of carboxylic acids is 1. The molecule has 118 valence electrons. The zero-order valence-corrected chi connectivity index (χ0v) is 13.3. The van der Waals surface area contributed by atoms with Gasteiger partial charge in [-0.25, -0.2) is 0 Å². The number of hydrogen-bond acceptors (Lipinski definition) is 4. The van der Waals surface area contributed by atoms with Crippen LogP contribution in [0, 0.1) is 0 Å². The van der Waals surface area contributed by atoms with Crippen LogP contribution in [0.3, 0.4) is 0 Å². The van der Waals surface area contributed by atoms with Gasteiger partial charge in [0.25, 0.3) is 0 Å². The normalized spacial score (nSPS) is 23.8. The largest absolute Gasteiger partial charge is 0.480 e. The number of carboxylic acid groups (broad SMARTS) is 1. The number of aliphatic carboxylic acids is 1. The van der Waals surface area contributed by atoms with Crippen molar-refractivity contribution < 1.29 is 14.6 Å². The van der Waals surface area contributed by atoms with Gasteiger partial charge in [0.15, 0.2) is 0 Å². The molecule has 1 fully saturated rings. The molecule has 0 aromatic heterocycles. The fourth-order valence-electron chi connectivity index (χ4n) is 3.02. The van der Waals surface area contributed by atoms with E-state index < -0.39 is 11.5 Å². The fraction of sp³-hybridized carbons (Fsp3) is 0.933. The molecule has 0 spiro atoms. The van der Waals surface area contributed by atoms with Crippen molar-refractivity contribution in [3.8, 4) is 0 Å². The number of ether oxygens (including phenoxy) is 1. The van der Waals surface area contributed by atoms with E-state index in [4.69, 9.17) is 4.74 Å². The van der Waals surface area contributed by atoms with E-state index in [2.05, 4.69) is 24.1 Å². The molecule has 1 heterocycles. The zero-order valence-electron chi connectivity index (χ0n) is 13.3. The Bertz CT molecular complexity index is 305. The van der Waals surface area contributed by atoms with Crippen molar-refractivity contribution in [2.24, 2.45) is 0 Å². The number of nitrogens with one attached hydrogen (secondary N) is 1. The zero-order chi connectivity index (χ0) is 15.2. The van der Waals surface area contributed by atoms with Gasteiger partial charge in [0.05, 0.1) is 6.10 Å². The molecule has 0 amide bonds. The van der Waals surface area contributed by atoms with Gasteiger partial charge in [-0.1, -0.05) is 13.8 Å². The summed E-state index contributed by atoms with van der Waals surface area (Å²) in [6, 6.07) is 0.212. The molecule has 0 aliphatic carbocycles. The maximum absolute atomic E-state index is 11.5. The van der Waals surface area contributed by atoms with E-state index >= 15 is 0 Å². The Labute approximate surface area is 122 Å². The summed E-state index contributed by atoms with van der Waals surface area (Å²) in [6.45, 7) is 11.3. The molecule has 0 aromatic carbocycles. The first-order valence-electron chi connectivity index (χ1n) is 7.77. The van der Waals surface area contributed by atoms with Gasteiger partial charge in [-0.15, -0.1) is 0 Å². The SMILES string of the molecule is CCNC(C)(CC(C)N(CC)CC1CCCO1)C(=O)O. The Morgan fingerprint density at radius 1 is 1.55 bits per heavy atom. The smallest absolute Gasteiger partial charge is 0.323 e. The van der Waals surface area contributed by atoms with Gasteiger partial charge in [-0.3, -0.25) is 9.69 Å². The Kier molecular flexibility index (Phi) is 6.92. The molecule has 20 heavy (non-hydrogen) atoms. The summed E-state index contributed by atoms with van der Waals surface area (Å²) in [5.41, 5.74) is -0.863. The molecular formula is C15H30N2O3. The summed E-state index contributed by atoms with van der Waals surface area (Å²) in [4.78, 5) is 13.8. The van der Waals surface area contributed by atoms with Gasteiger partial charge in [-0.05, 0) is 46.2 Å². The number of carbonyl (C=O) groups is 1. The van der Waals surface area contributed by atoms with Crippen LogP contribution in [0.4, 0.5) is 0 Å². The second-order valence-corrected chi connectivity index (χ2v) is 5.94. The molecule has 1 aliphatic rings. The minimum absolute atomic E-state index is 0.212. The Morgan fingerprint density at radius 2 is 2.25 bits per heavy atom. The van der Waals surface area contributed by atoms with Crippen LogP contribution in [0.5, 0.6) is 0 Å². The molecule has 0 saturated carbocycles. The van der Waals surface area contributed by atoms with E-state index in [1.807, 2.05) is 6.92 Å². The van der Waals surface area contributed by atoms with E-state index in [-0.39, 0.29) is 6.04 Å². The maximum atomic E-state index is 11.5. The molecule has 0 radical (unpaired) electrons. The number of likely N-dealkylation sites (N-methyl/N-ethyl adjacent to an activating group) is 2. The Hall–Kier alpha value is -0.650. The summed E-state index contributed by atoms with van der Waals surface area (Å²) in [7, 11) is 0. The van der Waals surface area contributed by atoms with Crippen LogP contribution in [-0.4, -0.2) is 59.9 Å². The Morgan fingerprint density at radius 3 is 2.70 bits per heavy atom. The van der Waals surface area contributed by atoms with Gasteiger partial charge >= 0.3 is 5.97 Å². The van der Waals surface area contributed by atoms with Gasteiger partial charge in [0.2, 0.25) is 0 Å². The van der Waals surface area contributed by atoms with E-state index in [1.165, 1.54) is 0 Å². The average Bonchev–Trinajstić information content (AvgIpc) is 2.88. The lowest BCUT2D eigenvalue weighted by Gasteiger charge is -2.35. The molecule has 1 aliphatic heterocycles. The van der Waals surface area contributed by atoms with Gasteiger partial charge in [0, 0.05) is 19.2 Å². The third kappa shape index (κ3) is 4.72. The van der Waals surface area contributed by atoms with Gasteiger partial charge in [-0.2, -0.15) is 0 Å². The molecule has 2 N–H and O–H groups in total. The first-order valence-corrected chi connectivity index (χ1v) is 7.77. The lowest BCUT2D eigenvalue weighted by Crippen LogP contribution is -2.54. The van der Waals surface area contributed by atoms with Crippen molar-refractivity contribution >= 4 is 5.97 Å². The van der Waals surface area contributed by atoms with Crippen molar-refractivity contribution in [1.29, 1.82) is 0 Å². The van der Waals surface area contributed by atoms with Crippen molar-refractivity contribution in [1.82, 2.24) is 10.2 Å². The molecule has 0 aromatic rings. The van der Waals surface area contributed by atoms with Crippen molar-refractivity contribution in [3.05, 3.63) is 0 Å². The van der Waals surface area contributed by atoms with E-state index in [0.717, 1.165) is 32.5 Å². The van der Waals surface area contributed by atoms with E-state index in [0.29, 0.717) is 19.1 Å². The predicted molar refractivity (Wildman–Crippen MR) is 80.0 cm³/mol. The van der Waals surface area contributed by atoms with E-state index in [9.17, 15) is 9.90 Å². The summed E-state index contributed by atoms with van der Waals surface area (Å²) < 4.78 is 5.69. The van der Waals surface area contributed by atoms with Crippen LogP contribution in [0.15, 0.2) is 0 Å². The highest BCUT2D eigenvalue weighted by molar-refractivity contribution is 5.78. The standard InChI is InChI=1S/C15H30N2O3/c1-5-16-15(4,14(18)19)10-12(3)17(6-2)11-13-8-7-9-20-13/h12-13,16H,5-11H2,1-4H3,(H,18,19). The third-order valence-electron chi connectivity index (χ3n) is 4.23. The van der Waals surface area contributed by atoms with Crippen LogP contribution in [0.25, 0.3) is 0 Å². The number of rotatable bonds is 9. The molecule has 3 unspecified atom stereocenters. The minimum Gasteiger partial charge on any atom is -0.480 e. The van der Waals surface area contributed by atoms with Crippen LogP contribution in [0.2, 0.25) is 0 Å². The first kappa shape index (κ1) is 17.4. The lowest BCUT2D eigenvalue weighted by molar-refractivity contribution is -0.145. The monoisotopic (exact) mass is 286 g/mol. The summed E-state index contributed by atoms with van der Waals surface area (Å²) in [5.74, 6) is -0.778. The van der Waals surface area contributed by atoms with E-state index in [1.54, 1.807) is 6.92 Å². The van der Waals surface area contributed by atoms with Crippen LogP contribution in [0.1, 0.15) is 47.0 Å². The highest BCUT2D eigenvalue weighted by Crippen LogP contribution is 2.20. The maximum Gasteiger partial charge on any atom is 0.323 e. The molecule has 3 atom stereocenters. The summed E-state index contributed by atoms with van der Waals surface area (Å²) in [5, 5.41) is 12.6. The fourth-order valence-corrected chi connectivity index (χ4v) is 3.02. The van der Waals surface area contributed by atoms with Crippen LogP contribution < -0.4 is 5.32 Å². The molecule has 0 bridgehead atoms. The van der Waals surface area contributed by atoms with Crippen molar-refractivity contribution in [2.45, 2.75) is 64.6 Å². The van der Waals surface area contributed by atoms with Gasteiger partial charge < -0.3 is 15.2 Å². The molecule has 5 nitrogen and oxygen atoms in total. The van der Waals surface area contributed by atoms with Crippen molar-refractivity contribution in [3.63, 3.8) is 0 Å². The quantitative estimate of drug-likeness (QED) is 0.676. The second kappa shape index (κ2) is 7.96. The Balaban J connectivity index is 2.59. The summed E-state index contributed by atoms with van der Waals surface area (Å²) in [6.07, 6.45) is 3.16. The highest BCUT2D eigenvalue weighted by atomic mass is 16.5. The predicted octanol–water partition coefficient (Wildman–Crippen LogP) is 1.72. The highest BCUT2D eigenvalue weighted by Gasteiger charge is 2.35. The number of hydrogen-bond donors (Lipinski definition) is 2. The van der Waals surface area contributed by atoms with Crippen molar-refractivity contribution in [2.75, 3.05) is 26.2 Å².